The van der Waals surface area contributed by atoms with E-state index in [2.05, 4.69) is 6.92 Å². The summed E-state index contributed by atoms with van der Waals surface area (Å²) in [7, 11) is -3.88. The Hall–Kier alpha value is -1.23. The van der Waals surface area contributed by atoms with Crippen molar-refractivity contribution in [2.75, 3.05) is 0 Å². The smallest absolute Gasteiger partial charge is 0.349 e. The van der Waals surface area contributed by atoms with E-state index in [4.69, 9.17) is 8.37 Å². The number of hydrogen-bond acceptors (Lipinski definition) is 4. The highest BCUT2D eigenvalue weighted by Crippen LogP contribution is 2.39. The molecule has 0 saturated carbocycles. The minimum absolute atomic E-state index is 0.314. The average molecular weight is 340 g/mol. The number of para-hydroxylation sites is 1. The van der Waals surface area contributed by atoms with Gasteiger partial charge >= 0.3 is 10.4 Å². The van der Waals surface area contributed by atoms with E-state index >= 15 is 0 Å². The molecule has 0 atom stereocenters. The lowest BCUT2D eigenvalue weighted by Crippen LogP contribution is -2.08. The van der Waals surface area contributed by atoms with Crippen LogP contribution < -0.4 is 8.37 Å². The van der Waals surface area contributed by atoms with Gasteiger partial charge in [0.15, 0.2) is 11.5 Å². The van der Waals surface area contributed by atoms with Gasteiger partial charge in [-0.3, -0.25) is 0 Å². The summed E-state index contributed by atoms with van der Waals surface area (Å²) < 4.78 is 32.4. The molecule has 2 rings (SSSR count). The van der Waals surface area contributed by atoms with Crippen molar-refractivity contribution < 1.29 is 16.8 Å². The second-order valence-corrected chi connectivity index (χ2v) is 7.40. The van der Waals surface area contributed by atoms with E-state index in [1.165, 1.54) is 57.8 Å². The van der Waals surface area contributed by atoms with E-state index in [1.807, 2.05) is 12.1 Å². The highest BCUT2D eigenvalue weighted by Gasteiger charge is 2.30. The molecule has 1 aromatic carbocycles. The highest BCUT2D eigenvalue weighted by molar-refractivity contribution is 7.82. The summed E-state index contributed by atoms with van der Waals surface area (Å²) in [6, 6.07) is 5.35. The fourth-order valence-electron chi connectivity index (χ4n) is 2.95. The third-order valence-electron chi connectivity index (χ3n) is 4.24. The molecule has 5 heteroatoms. The van der Waals surface area contributed by atoms with Gasteiger partial charge in [0.25, 0.3) is 0 Å². The zero-order chi connectivity index (χ0) is 16.5. The van der Waals surface area contributed by atoms with Gasteiger partial charge in [-0.05, 0) is 24.5 Å². The first-order valence-corrected chi connectivity index (χ1v) is 10.2. The molecule has 0 amide bonds. The van der Waals surface area contributed by atoms with Crippen LogP contribution in [0.5, 0.6) is 11.5 Å². The fourth-order valence-corrected chi connectivity index (χ4v) is 3.73. The topological polar surface area (TPSA) is 52.6 Å². The molecular formula is C18H28O4S. The van der Waals surface area contributed by atoms with Crippen molar-refractivity contribution >= 4 is 10.4 Å². The largest absolute Gasteiger partial charge is 0.501 e. The van der Waals surface area contributed by atoms with Crippen LogP contribution in [-0.4, -0.2) is 8.42 Å². The minimum Gasteiger partial charge on any atom is -0.349 e. The highest BCUT2D eigenvalue weighted by atomic mass is 32.3. The summed E-state index contributed by atoms with van der Waals surface area (Å²) in [5.74, 6) is 0.693. The molecular weight excluding hydrogens is 312 g/mol. The zero-order valence-corrected chi connectivity index (χ0v) is 14.9. The molecule has 130 valence electrons. The molecule has 4 nitrogen and oxygen atoms in total. The third-order valence-corrected chi connectivity index (χ3v) is 4.99. The minimum atomic E-state index is -3.88. The molecule has 1 aliphatic heterocycles. The number of rotatable bonds is 11. The summed E-state index contributed by atoms with van der Waals surface area (Å²) in [4.78, 5) is 0. The summed E-state index contributed by atoms with van der Waals surface area (Å²) in [5.41, 5.74) is 0.920. The van der Waals surface area contributed by atoms with E-state index < -0.39 is 10.4 Å². The standard InChI is InChI=1S/C18H28O4S/c1-2-3-4-5-6-7-8-9-10-11-13-16-14-12-15-17-18(16)22-23(19,20)21-17/h12,14-15H,2-11,13H2,1H3. The molecule has 0 aromatic heterocycles. The Morgan fingerprint density at radius 3 is 2.09 bits per heavy atom. The summed E-state index contributed by atoms with van der Waals surface area (Å²) >= 11 is 0. The van der Waals surface area contributed by atoms with Crippen LogP contribution >= 0.6 is 0 Å². The Kier molecular flexibility index (Phi) is 7.21. The molecule has 0 bridgehead atoms. The SMILES string of the molecule is CCCCCCCCCCCCc1cccc2c1OS(=O)(=O)O2. The molecule has 0 radical (unpaired) electrons. The molecule has 1 aromatic rings. The number of benzene rings is 1. The first-order chi connectivity index (χ1) is 11.1. The molecule has 0 unspecified atom stereocenters. The predicted octanol–water partition coefficient (Wildman–Crippen LogP) is 5.17. The zero-order valence-electron chi connectivity index (χ0n) is 14.1. The Labute approximate surface area is 140 Å². The monoisotopic (exact) mass is 340 g/mol. The van der Waals surface area contributed by atoms with Gasteiger partial charge in [-0.15, -0.1) is 8.42 Å². The maximum absolute atomic E-state index is 11.3. The summed E-state index contributed by atoms with van der Waals surface area (Å²) in [6.07, 6.45) is 13.7. The summed E-state index contributed by atoms with van der Waals surface area (Å²) in [6.45, 7) is 2.24. The van der Waals surface area contributed by atoms with Crippen LogP contribution in [0.3, 0.4) is 0 Å². The molecule has 1 heterocycles. The van der Waals surface area contributed by atoms with Gasteiger partial charge in [-0.1, -0.05) is 76.8 Å². The van der Waals surface area contributed by atoms with Crippen molar-refractivity contribution in [3.8, 4) is 11.5 Å². The van der Waals surface area contributed by atoms with Crippen LogP contribution in [0, 0.1) is 0 Å². The van der Waals surface area contributed by atoms with E-state index in [-0.39, 0.29) is 0 Å². The van der Waals surface area contributed by atoms with Gasteiger partial charge in [0.05, 0.1) is 0 Å². The van der Waals surface area contributed by atoms with Crippen LogP contribution in [-0.2, 0) is 16.8 Å². The second-order valence-electron chi connectivity index (χ2n) is 6.25. The Morgan fingerprint density at radius 1 is 0.826 bits per heavy atom. The van der Waals surface area contributed by atoms with Gasteiger partial charge in [-0.25, -0.2) is 0 Å². The number of unbranched alkanes of at least 4 members (excludes halogenated alkanes) is 9. The average Bonchev–Trinajstić information content (AvgIpc) is 2.84. The first-order valence-electron chi connectivity index (χ1n) is 8.88. The quantitative estimate of drug-likeness (QED) is 0.522. The van der Waals surface area contributed by atoms with Gasteiger partial charge in [0.1, 0.15) is 0 Å². The molecule has 0 aliphatic carbocycles. The normalized spacial score (nSPS) is 15.0. The van der Waals surface area contributed by atoms with Gasteiger partial charge < -0.3 is 8.37 Å². The fraction of sp³-hybridized carbons (Fsp3) is 0.667. The Morgan fingerprint density at radius 2 is 1.43 bits per heavy atom. The Bertz CT molecular complexity index is 581. The predicted molar refractivity (Wildman–Crippen MR) is 92.2 cm³/mol. The number of hydrogen-bond donors (Lipinski definition) is 0. The third kappa shape index (κ3) is 6.05. The molecule has 0 spiro atoms. The lowest BCUT2D eigenvalue weighted by molar-refractivity contribution is 0.435. The van der Waals surface area contributed by atoms with Gasteiger partial charge in [0, 0.05) is 0 Å². The molecule has 23 heavy (non-hydrogen) atoms. The number of fused-ring (bicyclic) bond motifs is 1. The second kappa shape index (κ2) is 9.16. The first kappa shape index (κ1) is 18.1. The van der Waals surface area contributed by atoms with Crippen LogP contribution in [0.4, 0.5) is 0 Å². The maximum atomic E-state index is 11.3. The van der Waals surface area contributed by atoms with Gasteiger partial charge in [-0.2, -0.15) is 0 Å². The van der Waals surface area contributed by atoms with Crippen LogP contribution in [0.1, 0.15) is 76.7 Å². The lowest BCUT2D eigenvalue weighted by Gasteiger charge is -2.05. The van der Waals surface area contributed by atoms with Crippen molar-refractivity contribution in [2.24, 2.45) is 0 Å². The van der Waals surface area contributed by atoms with Crippen LogP contribution in [0.2, 0.25) is 0 Å². The van der Waals surface area contributed by atoms with E-state index in [9.17, 15) is 8.42 Å². The lowest BCUT2D eigenvalue weighted by atomic mass is 10.0. The molecule has 0 saturated heterocycles. The summed E-state index contributed by atoms with van der Waals surface area (Å²) in [5, 5.41) is 0. The van der Waals surface area contributed by atoms with Crippen molar-refractivity contribution in [2.45, 2.75) is 77.6 Å². The van der Waals surface area contributed by atoms with E-state index in [0.29, 0.717) is 11.5 Å². The van der Waals surface area contributed by atoms with E-state index in [1.54, 1.807) is 6.07 Å². The molecule has 0 N–H and O–H groups in total. The van der Waals surface area contributed by atoms with Crippen molar-refractivity contribution in [3.05, 3.63) is 23.8 Å². The Balaban J connectivity index is 1.60. The van der Waals surface area contributed by atoms with Crippen molar-refractivity contribution in [3.63, 3.8) is 0 Å². The van der Waals surface area contributed by atoms with Crippen LogP contribution in [0.25, 0.3) is 0 Å². The van der Waals surface area contributed by atoms with E-state index in [0.717, 1.165) is 18.4 Å². The van der Waals surface area contributed by atoms with Crippen LogP contribution in [0.15, 0.2) is 18.2 Å². The maximum Gasteiger partial charge on any atom is 0.501 e. The molecule has 1 aliphatic rings. The van der Waals surface area contributed by atoms with Gasteiger partial charge in [0.2, 0.25) is 0 Å². The molecule has 0 fully saturated rings. The van der Waals surface area contributed by atoms with Crippen molar-refractivity contribution in [1.82, 2.24) is 0 Å². The van der Waals surface area contributed by atoms with Crippen molar-refractivity contribution in [1.29, 1.82) is 0 Å². The number of aryl methyl sites for hydroxylation is 1.